The van der Waals surface area contributed by atoms with E-state index in [2.05, 4.69) is 40.5 Å². The molecule has 1 atom stereocenters. The number of benzene rings is 3. The Labute approximate surface area is 245 Å². The van der Waals surface area contributed by atoms with E-state index in [0.717, 1.165) is 61.3 Å². The fourth-order valence-corrected chi connectivity index (χ4v) is 7.00. The summed E-state index contributed by atoms with van der Waals surface area (Å²) in [6, 6.07) is 21.8. The van der Waals surface area contributed by atoms with Crippen molar-refractivity contribution in [2.75, 3.05) is 24.5 Å². The van der Waals surface area contributed by atoms with Gasteiger partial charge in [-0.15, -0.1) is 0 Å². The van der Waals surface area contributed by atoms with E-state index in [0.29, 0.717) is 31.0 Å². The van der Waals surface area contributed by atoms with Gasteiger partial charge in [0.2, 0.25) is 11.8 Å². The van der Waals surface area contributed by atoms with Gasteiger partial charge in [-0.2, -0.15) is 0 Å². The summed E-state index contributed by atoms with van der Waals surface area (Å²) in [6.45, 7) is 3.85. The first-order chi connectivity index (χ1) is 20.4. The molecule has 0 spiro atoms. The van der Waals surface area contributed by atoms with Crippen molar-refractivity contribution < 1.29 is 19.2 Å². The third-order valence-corrected chi connectivity index (χ3v) is 9.34. The first-order valence-corrected chi connectivity index (χ1v) is 14.9. The lowest BCUT2D eigenvalue weighted by Crippen LogP contribution is -2.52. The van der Waals surface area contributed by atoms with Crippen molar-refractivity contribution in [3.63, 3.8) is 0 Å². The topological polar surface area (TPSA) is 90.0 Å². The maximum Gasteiger partial charge on any atom is 0.258 e. The highest BCUT2D eigenvalue weighted by Gasteiger charge is 2.39. The Kier molecular flexibility index (Phi) is 6.86. The lowest BCUT2D eigenvalue weighted by atomic mass is 9.87. The highest BCUT2D eigenvalue weighted by atomic mass is 16.2. The molecule has 1 unspecified atom stereocenters. The van der Waals surface area contributed by atoms with Crippen LogP contribution in [0.4, 0.5) is 5.69 Å². The number of nitrogens with one attached hydrogen (secondary N) is 1. The van der Waals surface area contributed by atoms with E-state index < -0.39 is 6.04 Å². The number of piperidine rings is 2. The minimum atomic E-state index is -0.588. The van der Waals surface area contributed by atoms with Crippen molar-refractivity contribution in [3.05, 3.63) is 100 Å². The lowest BCUT2D eigenvalue weighted by Gasteiger charge is -2.33. The molecule has 0 aliphatic carbocycles. The zero-order valence-electron chi connectivity index (χ0n) is 23.6. The van der Waals surface area contributed by atoms with Crippen LogP contribution in [0.5, 0.6) is 0 Å². The summed E-state index contributed by atoms with van der Waals surface area (Å²) in [5.41, 5.74) is 6.92. The van der Waals surface area contributed by atoms with Crippen molar-refractivity contribution in [3.8, 4) is 0 Å². The van der Waals surface area contributed by atoms with E-state index in [1.807, 2.05) is 41.3 Å². The molecule has 214 valence electrons. The Morgan fingerprint density at radius 1 is 0.738 bits per heavy atom. The van der Waals surface area contributed by atoms with E-state index in [1.165, 1.54) is 11.1 Å². The van der Waals surface area contributed by atoms with Gasteiger partial charge < -0.3 is 9.80 Å². The van der Waals surface area contributed by atoms with Crippen LogP contribution in [-0.2, 0) is 29.1 Å². The summed E-state index contributed by atoms with van der Waals surface area (Å²) in [4.78, 5) is 56.3. The van der Waals surface area contributed by atoms with Gasteiger partial charge >= 0.3 is 0 Å². The molecule has 42 heavy (non-hydrogen) atoms. The van der Waals surface area contributed by atoms with Crippen LogP contribution in [0.25, 0.3) is 0 Å². The molecule has 4 aliphatic heterocycles. The van der Waals surface area contributed by atoms with Crippen LogP contribution in [0.3, 0.4) is 0 Å². The van der Waals surface area contributed by atoms with Crippen LogP contribution in [-0.4, -0.2) is 59.1 Å². The number of likely N-dealkylation sites (tertiary alicyclic amines) is 1. The SMILES string of the molecule is O=C1CCC(N2Cc3cc(C4CCN(Cc5ccc6c(c5)C(=O)N(c5ccccc5)CC6)CC4)ccc3C2=O)C(=O)N1. The molecule has 4 amide bonds. The number of imide groups is 1. The summed E-state index contributed by atoms with van der Waals surface area (Å²) in [5.74, 6) is -0.290. The van der Waals surface area contributed by atoms with E-state index in [-0.39, 0.29) is 30.0 Å². The van der Waals surface area contributed by atoms with Crippen molar-refractivity contribution in [2.45, 2.75) is 57.2 Å². The molecule has 4 aliphatic rings. The Morgan fingerprint density at radius 2 is 1.55 bits per heavy atom. The van der Waals surface area contributed by atoms with E-state index >= 15 is 0 Å². The van der Waals surface area contributed by atoms with Gasteiger partial charge in [0.15, 0.2) is 0 Å². The fourth-order valence-electron chi connectivity index (χ4n) is 7.00. The number of amides is 4. The lowest BCUT2D eigenvalue weighted by molar-refractivity contribution is -0.136. The quantitative estimate of drug-likeness (QED) is 0.475. The summed E-state index contributed by atoms with van der Waals surface area (Å²) in [5, 5.41) is 2.37. The maximum atomic E-state index is 13.4. The zero-order valence-corrected chi connectivity index (χ0v) is 23.6. The molecular formula is C34H34N4O4. The fraction of sp³-hybridized carbons (Fsp3) is 0.353. The van der Waals surface area contributed by atoms with Gasteiger partial charge in [0.25, 0.3) is 11.8 Å². The third kappa shape index (κ3) is 4.90. The average molecular weight is 563 g/mol. The van der Waals surface area contributed by atoms with Gasteiger partial charge in [-0.1, -0.05) is 42.5 Å². The first-order valence-electron chi connectivity index (χ1n) is 14.9. The molecule has 2 saturated heterocycles. The highest BCUT2D eigenvalue weighted by molar-refractivity contribution is 6.08. The number of hydrogen-bond donors (Lipinski definition) is 1. The zero-order chi connectivity index (χ0) is 28.8. The van der Waals surface area contributed by atoms with Crippen LogP contribution in [0.1, 0.15) is 74.6 Å². The molecule has 0 aromatic heterocycles. The van der Waals surface area contributed by atoms with Crippen molar-refractivity contribution in [1.29, 1.82) is 0 Å². The number of rotatable bonds is 5. The second kappa shape index (κ2) is 10.8. The van der Waals surface area contributed by atoms with Gasteiger partial charge in [0.1, 0.15) is 6.04 Å². The number of nitrogens with zero attached hydrogens (tertiary/aromatic N) is 3. The first kappa shape index (κ1) is 26.6. The van der Waals surface area contributed by atoms with Crippen molar-refractivity contribution in [2.24, 2.45) is 0 Å². The van der Waals surface area contributed by atoms with Crippen LogP contribution < -0.4 is 10.2 Å². The second-order valence-electron chi connectivity index (χ2n) is 11.9. The average Bonchev–Trinajstić information content (AvgIpc) is 3.33. The maximum absolute atomic E-state index is 13.4. The minimum absolute atomic E-state index is 0.0780. The number of carbonyl (C=O) groups excluding carboxylic acids is 4. The highest BCUT2D eigenvalue weighted by Crippen LogP contribution is 2.34. The summed E-state index contributed by atoms with van der Waals surface area (Å²) >= 11 is 0. The number of para-hydroxylation sites is 1. The van der Waals surface area contributed by atoms with Gasteiger partial charge in [-0.25, -0.2) is 0 Å². The molecular weight excluding hydrogens is 528 g/mol. The van der Waals surface area contributed by atoms with Gasteiger partial charge in [-0.05, 0) is 91.2 Å². The largest absolute Gasteiger partial charge is 0.322 e. The smallest absolute Gasteiger partial charge is 0.258 e. The van der Waals surface area contributed by atoms with E-state index in [1.54, 1.807) is 4.90 Å². The molecule has 0 bridgehead atoms. The van der Waals surface area contributed by atoms with Crippen molar-refractivity contribution in [1.82, 2.24) is 15.1 Å². The summed E-state index contributed by atoms with van der Waals surface area (Å²) < 4.78 is 0. The normalized spacial score (nSPS) is 21.4. The number of carbonyl (C=O) groups is 4. The van der Waals surface area contributed by atoms with E-state index in [9.17, 15) is 19.2 Å². The van der Waals surface area contributed by atoms with Crippen LogP contribution in [0, 0.1) is 0 Å². The summed E-state index contributed by atoms with van der Waals surface area (Å²) in [7, 11) is 0. The molecule has 8 heteroatoms. The predicted octanol–water partition coefficient (Wildman–Crippen LogP) is 4.03. The second-order valence-corrected chi connectivity index (χ2v) is 11.9. The number of fused-ring (bicyclic) bond motifs is 2. The van der Waals surface area contributed by atoms with Gasteiger partial charge in [0, 0.05) is 42.9 Å². The van der Waals surface area contributed by atoms with Crippen LogP contribution in [0.15, 0.2) is 66.7 Å². The number of anilines is 1. The molecule has 4 heterocycles. The van der Waals surface area contributed by atoms with Crippen molar-refractivity contribution >= 4 is 29.3 Å². The number of hydrogen-bond acceptors (Lipinski definition) is 5. The Morgan fingerprint density at radius 3 is 2.33 bits per heavy atom. The Bertz CT molecular complexity index is 1580. The standard InChI is InChI=1S/C34H34N4O4/c39-31-11-10-30(32(40)35-31)38-21-26-19-25(8-9-28(26)33(38)41)23-12-15-36(16-13-23)20-22-6-7-24-14-17-37(34(42)29(24)18-22)27-4-2-1-3-5-27/h1-9,18-19,23,30H,10-17,20-21H2,(H,35,39,40). The molecule has 0 saturated carbocycles. The summed E-state index contributed by atoms with van der Waals surface area (Å²) in [6.07, 6.45) is 3.54. The van der Waals surface area contributed by atoms with Crippen LogP contribution in [0.2, 0.25) is 0 Å². The predicted molar refractivity (Wildman–Crippen MR) is 158 cm³/mol. The minimum Gasteiger partial charge on any atom is -0.322 e. The molecule has 2 fully saturated rings. The van der Waals surface area contributed by atoms with Gasteiger partial charge in [0.05, 0.1) is 0 Å². The van der Waals surface area contributed by atoms with Crippen LogP contribution >= 0.6 is 0 Å². The van der Waals surface area contributed by atoms with Gasteiger partial charge in [-0.3, -0.25) is 29.4 Å². The Balaban J connectivity index is 0.982. The monoisotopic (exact) mass is 562 g/mol. The molecule has 3 aromatic rings. The molecule has 8 nitrogen and oxygen atoms in total. The molecule has 7 rings (SSSR count). The Hall–Kier alpha value is -4.30. The molecule has 0 radical (unpaired) electrons. The molecule has 3 aromatic carbocycles. The third-order valence-electron chi connectivity index (χ3n) is 9.34. The molecule has 1 N–H and O–H groups in total. The van der Waals surface area contributed by atoms with E-state index in [4.69, 9.17) is 0 Å².